The number of carbonyl (C=O) groups excluding carboxylic acids is 2. The summed E-state index contributed by atoms with van der Waals surface area (Å²) < 4.78 is 5.25. The Bertz CT molecular complexity index is 549. The Morgan fingerprint density at radius 1 is 1.45 bits per heavy atom. The van der Waals surface area contributed by atoms with Gasteiger partial charge in [0.15, 0.2) is 6.61 Å². The molecule has 6 heteroatoms. The number of nitrogens with one attached hydrogen (secondary N) is 2. The summed E-state index contributed by atoms with van der Waals surface area (Å²) in [6.07, 6.45) is 0. The largest absolute Gasteiger partial charge is 0.482 e. The van der Waals surface area contributed by atoms with Crippen molar-refractivity contribution in [3.8, 4) is 5.75 Å². The minimum absolute atomic E-state index is 0.00754. The van der Waals surface area contributed by atoms with Crippen LogP contribution in [0.15, 0.2) is 18.2 Å². The van der Waals surface area contributed by atoms with Crippen molar-refractivity contribution in [1.82, 2.24) is 0 Å². The van der Waals surface area contributed by atoms with E-state index in [0.29, 0.717) is 17.1 Å². The monoisotopic (exact) mass is 277 g/mol. The lowest BCUT2D eigenvalue weighted by atomic mass is 9.87. The summed E-state index contributed by atoms with van der Waals surface area (Å²) in [6, 6.07) is 4.44. The molecule has 0 bridgehead atoms. The Labute approximate surface area is 117 Å². The fourth-order valence-corrected chi connectivity index (χ4v) is 1.77. The first kappa shape index (κ1) is 14.3. The molecule has 0 fully saturated rings. The average Bonchev–Trinajstić information content (AvgIpc) is 2.36. The van der Waals surface area contributed by atoms with Crippen LogP contribution < -0.4 is 21.1 Å². The van der Waals surface area contributed by atoms with E-state index < -0.39 is 6.04 Å². The van der Waals surface area contributed by atoms with Crippen LogP contribution in [0, 0.1) is 5.41 Å². The van der Waals surface area contributed by atoms with Crippen molar-refractivity contribution in [3.63, 3.8) is 0 Å². The number of nitrogens with two attached hydrogens (primary N) is 1. The Balaban J connectivity index is 2.13. The van der Waals surface area contributed by atoms with E-state index in [0.717, 1.165) is 0 Å². The Morgan fingerprint density at radius 3 is 2.80 bits per heavy atom. The second kappa shape index (κ2) is 5.13. The van der Waals surface area contributed by atoms with E-state index in [2.05, 4.69) is 10.6 Å². The van der Waals surface area contributed by atoms with E-state index in [1.165, 1.54) is 0 Å². The van der Waals surface area contributed by atoms with Gasteiger partial charge in [-0.3, -0.25) is 9.59 Å². The second-order valence-electron chi connectivity index (χ2n) is 5.88. The Morgan fingerprint density at radius 2 is 2.15 bits per heavy atom. The first-order valence-electron chi connectivity index (χ1n) is 6.40. The average molecular weight is 277 g/mol. The van der Waals surface area contributed by atoms with E-state index in [1.807, 2.05) is 20.8 Å². The van der Waals surface area contributed by atoms with Crippen LogP contribution in [0.2, 0.25) is 0 Å². The zero-order chi connectivity index (χ0) is 14.9. The molecule has 1 aromatic rings. The molecule has 6 nitrogen and oxygen atoms in total. The van der Waals surface area contributed by atoms with Crippen molar-refractivity contribution >= 4 is 23.2 Å². The summed E-state index contributed by atoms with van der Waals surface area (Å²) in [5.74, 6) is 0.107. The van der Waals surface area contributed by atoms with Gasteiger partial charge in [0, 0.05) is 5.69 Å². The normalized spacial score (nSPS) is 15.7. The predicted octanol–water partition coefficient (Wildman–Crippen LogP) is 1.33. The van der Waals surface area contributed by atoms with Crippen LogP contribution >= 0.6 is 0 Å². The van der Waals surface area contributed by atoms with Gasteiger partial charge >= 0.3 is 0 Å². The number of anilines is 2. The number of hydrogen-bond donors (Lipinski definition) is 3. The molecule has 0 saturated carbocycles. The molecule has 4 N–H and O–H groups in total. The number of fused-ring (bicyclic) bond motifs is 1. The topological polar surface area (TPSA) is 93.5 Å². The zero-order valence-electron chi connectivity index (χ0n) is 11.8. The number of hydrogen-bond acceptors (Lipinski definition) is 4. The van der Waals surface area contributed by atoms with E-state index in [1.54, 1.807) is 18.2 Å². The third-order valence-electron chi connectivity index (χ3n) is 3.10. The number of ether oxygens (including phenoxy) is 1. The number of carbonyl (C=O) groups is 2. The first-order chi connectivity index (χ1) is 9.27. The Hall–Kier alpha value is -2.08. The molecule has 1 heterocycles. The van der Waals surface area contributed by atoms with Gasteiger partial charge in [0.1, 0.15) is 5.75 Å². The van der Waals surface area contributed by atoms with Crippen molar-refractivity contribution in [2.45, 2.75) is 26.8 Å². The van der Waals surface area contributed by atoms with Crippen molar-refractivity contribution in [1.29, 1.82) is 0 Å². The summed E-state index contributed by atoms with van der Waals surface area (Å²) in [7, 11) is 0. The van der Waals surface area contributed by atoms with Gasteiger partial charge in [-0.25, -0.2) is 0 Å². The maximum Gasteiger partial charge on any atom is 0.262 e. The highest BCUT2D eigenvalue weighted by Crippen LogP contribution is 2.30. The van der Waals surface area contributed by atoms with Crippen molar-refractivity contribution in [2.24, 2.45) is 11.1 Å². The van der Waals surface area contributed by atoms with Gasteiger partial charge in [-0.05, 0) is 23.6 Å². The molecular formula is C14H19N3O3. The highest BCUT2D eigenvalue weighted by molar-refractivity contribution is 5.98. The van der Waals surface area contributed by atoms with Crippen molar-refractivity contribution in [2.75, 3.05) is 17.2 Å². The quantitative estimate of drug-likeness (QED) is 0.760. The lowest BCUT2D eigenvalue weighted by Crippen LogP contribution is -2.45. The summed E-state index contributed by atoms with van der Waals surface area (Å²) >= 11 is 0. The summed E-state index contributed by atoms with van der Waals surface area (Å²) in [4.78, 5) is 23.3. The number of rotatable bonds is 2. The molecule has 1 aromatic carbocycles. The number of benzene rings is 1. The predicted molar refractivity (Wildman–Crippen MR) is 76.6 cm³/mol. The minimum Gasteiger partial charge on any atom is -0.482 e. The van der Waals surface area contributed by atoms with Gasteiger partial charge in [-0.1, -0.05) is 20.8 Å². The molecule has 108 valence electrons. The lowest BCUT2D eigenvalue weighted by Gasteiger charge is -2.26. The molecule has 2 rings (SSSR count). The third kappa shape index (κ3) is 3.08. The van der Waals surface area contributed by atoms with Crippen LogP contribution in [0.1, 0.15) is 20.8 Å². The molecule has 0 radical (unpaired) electrons. The summed E-state index contributed by atoms with van der Waals surface area (Å²) in [5, 5.41) is 5.43. The molecule has 0 aromatic heterocycles. The minimum atomic E-state index is -0.621. The highest BCUT2D eigenvalue weighted by atomic mass is 16.5. The highest BCUT2D eigenvalue weighted by Gasteiger charge is 2.27. The molecule has 1 aliphatic heterocycles. The fraction of sp³-hybridized carbons (Fsp3) is 0.429. The third-order valence-corrected chi connectivity index (χ3v) is 3.10. The van der Waals surface area contributed by atoms with Crippen LogP contribution in [0.25, 0.3) is 0 Å². The Kier molecular flexibility index (Phi) is 3.67. The van der Waals surface area contributed by atoms with Gasteiger partial charge in [0.05, 0.1) is 11.7 Å². The standard InChI is InChI=1S/C14H19N3O3/c1-14(2,3)12(15)13(19)16-8-4-5-10-9(6-8)17-11(18)7-20-10/h4-6,12H,7,15H2,1-3H3,(H,16,19)(H,17,18)/t12-/m1/s1. The zero-order valence-corrected chi connectivity index (χ0v) is 11.8. The van der Waals surface area contributed by atoms with E-state index in [-0.39, 0.29) is 23.8 Å². The van der Waals surface area contributed by atoms with Crippen LogP contribution in [0.5, 0.6) is 5.75 Å². The van der Waals surface area contributed by atoms with E-state index >= 15 is 0 Å². The summed E-state index contributed by atoms with van der Waals surface area (Å²) in [5.41, 5.74) is 6.69. The molecule has 2 amide bonds. The van der Waals surface area contributed by atoms with Crippen LogP contribution in [-0.4, -0.2) is 24.5 Å². The van der Waals surface area contributed by atoms with E-state index in [9.17, 15) is 9.59 Å². The molecule has 0 spiro atoms. The fourth-order valence-electron chi connectivity index (χ4n) is 1.77. The second-order valence-corrected chi connectivity index (χ2v) is 5.88. The van der Waals surface area contributed by atoms with Gasteiger partial charge in [-0.15, -0.1) is 0 Å². The molecule has 1 atom stereocenters. The van der Waals surface area contributed by atoms with Crippen LogP contribution in [0.4, 0.5) is 11.4 Å². The van der Waals surface area contributed by atoms with Crippen LogP contribution in [-0.2, 0) is 9.59 Å². The maximum absolute atomic E-state index is 12.0. The molecule has 1 aliphatic rings. The van der Waals surface area contributed by atoms with Gasteiger partial charge < -0.3 is 21.1 Å². The SMILES string of the molecule is CC(C)(C)[C@H](N)C(=O)Nc1ccc2c(c1)NC(=O)CO2. The first-order valence-corrected chi connectivity index (χ1v) is 6.40. The van der Waals surface area contributed by atoms with Crippen molar-refractivity contribution < 1.29 is 14.3 Å². The molecule has 20 heavy (non-hydrogen) atoms. The van der Waals surface area contributed by atoms with Crippen LogP contribution in [0.3, 0.4) is 0 Å². The lowest BCUT2D eigenvalue weighted by molar-refractivity contribution is -0.119. The molecule has 0 aliphatic carbocycles. The van der Waals surface area contributed by atoms with Gasteiger partial charge in [0.2, 0.25) is 5.91 Å². The van der Waals surface area contributed by atoms with Gasteiger partial charge in [-0.2, -0.15) is 0 Å². The van der Waals surface area contributed by atoms with E-state index in [4.69, 9.17) is 10.5 Å². The maximum atomic E-state index is 12.0. The van der Waals surface area contributed by atoms with Crippen molar-refractivity contribution in [3.05, 3.63) is 18.2 Å². The van der Waals surface area contributed by atoms with Gasteiger partial charge in [0.25, 0.3) is 5.91 Å². The summed E-state index contributed by atoms with van der Waals surface area (Å²) in [6.45, 7) is 5.71. The molecule has 0 unspecified atom stereocenters. The molecular weight excluding hydrogens is 258 g/mol. The smallest absolute Gasteiger partial charge is 0.262 e. The number of amides is 2. The molecule has 0 saturated heterocycles.